The molecule has 0 heterocycles. The highest BCUT2D eigenvalue weighted by Crippen LogP contribution is 2.71. The van der Waals surface area contributed by atoms with E-state index in [-0.39, 0.29) is 23.0 Å². The Hall–Kier alpha value is -0.710. The summed E-state index contributed by atoms with van der Waals surface area (Å²) in [7, 11) is 0. The van der Waals surface area contributed by atoms with Crippen molar-refractivity contribution in [2.45, 2.75) is 59.4 Å². The zero-order valence-corrected chi connectivity index (χ0v) is 15.2. The molecule has 3 fully saturated rings. The molecule has 0 aromatic rings. The number of rotatable bonds is 0. The first-order chi connectivity index (χ1) is 11.1. The van der Waals surface area contributed by atoms with E-state index in [1.807, 2.05) is 19.9 Å². The highest BCUT2D eigenvalue weighted by molar-refractivity contribution is 5.92. The summed E-state index contributed by atoms with van der Waals surface area (Å²) in [6, 6.07) is 0. The molecule has 0 aromatic carbocycles. The van der Waals surface area contributed by atoms with Gasteiger partial charge in [0.05, 0.1) is 23.7 Å². The van der Waals surface area contributed by atoms with E-state index in [4.69, 9.17) is 0 Å². The number of allylic oxidation sites excluding steroid dienone is 1. The first kappa shape index (κ1) is 16.7. The van der Waals surface area contributed by atoms with Crippen LogP contribution < -0.4 is 0 Å². The number of hydrogen-bond donors (Lipinski definition) is 3. The SMILES string of the molecule is CC1=C[C@@]23C(=O)[C@H](C4[C@@H](C[C@H]2C)C4(C)C)[C@H](O)[C@H](C)[C@@H](O)[C@@H]3[C@H]1O. The topological polar surface area (TPSA) is 77.8 Å². The van der Waals surface area contributed by atoms with Crippen LogP contribution in [0.25, 0.3) is 0 Å². The Kier molecular flexibility index (Phi) is 3.29. The Labute approximate surface area is 144 Å². The summed E-state index contributed by atoms with van der Waals surface area (Å²) in [6.07, 6.45) is 0.339. The zero-order chi connectivity index (χ0) is 17.8. The van der Waals surface area contributed by atoms with E-state index >= 15 is 0 Å². The number of aliphatic hydroxyl groups excluding tert-OH is 3. The first-order valence-corrected chi connectivity index (χ1v) is 9.34. The van der Waals surface area contributed by atoms with Crippen LogP contribution >= 0.6 is 0 Å². The van der Waals surface area contributed by atoms with Crippen molar-refractivity contribution < 1.29 is 20.1 Å². The third kappa shape index (κ3) is 1.68. The monoisotopic (exact) mass is 334 g/mol. The molecule has 0 aromatic heterocycles. The molecule has 4 heteroatoms. The first-order valence-electron chi connectivity index (χ1n) is 9.34. The Morgan fingerprint density at radius 3 is 2.33 bits per heavy atom. The summed E-state index contributed by atoms with van der Waals surface area (Å²) < 4.78 is 0. The maximum absolute atomic E-state index is 13.8. The van der Waals surface area contributed by atoms with E-state index in [0.29, 0.717) is 5.92 Å². The number of aliphatic hydroxyl groups is 3. The fraction of sp³-hybridized carbons (Fsp3) is 0.850. The molecule has 4 aliphatic carbocycles. The Balaban J connectivity index is 1.93. The van der Waals surface area contributed by atoms with Gasteiger partial charge in [-0.25, -0.2) is 0 Å². The van der Waals surface area contributed by atoms with Crippen LogP contribution in [0.2, 0.25) is 0 Å². The van der Waals surface area contributed by atoms with E-state index in [0.717, 1.165) is 12.0 Å². The molecule has 4 rings (SSSR count). The third-order valence-electron chi connectivity index (χ3n) is 8.32. The molecule has 3 saturated carbocycles. The van der Waals surface area contributed by atoms with Crippen molar-refractivity contribution in [1.29, 1.82) is 0 Å². The molecule has 3 N–H and O–H groups in total. The Morgan fingerprint density at radius 1 is 1.08 bits per heavy atom. The predicted octanol–water partition coefficient (Wildman–Crippen LogP) is 1.78. The van der Waals surface area contributed by atoms with E-state index in [2.05, 4.69) is 20.8 Å². The van der Waals surface area contributed by atoms with Crippen molar-refractivity contribution in [3.63, 3.8) is 0 Å². The van der Waals surface area contributed by atoms with Gasteiger partial charge in [0, 0.05) is 17.8 Å². The molecule has 4 aliphatic rings. The third-order valence-corrected chi connectivity index (χ3v) is 8.32. The molecule has 2 bridgehead atoms. The lowest BCUT2D eigenvalue weighted by molar-refractivity contribution is -0.140. The Morgan fingerprint density at radius 2 is 1.71 bits per heavy atom. The molecule has 0 saturated heterocycles. The van der Waals surface area contributed by atoms with Gasteiger partial charge < -0.3 is 15.3 Å². The van der Waals surface area contributed by atoms with Crippen molar-refractivity contribution in [1.82, 2.24) is 0 Å². The van der Waals surface area contributed by atoms with Crippen LogP contribution in [-0.2, 0) is 4.79 Å². The van der Waals surface area contributed by atoms with E-state index in [1.54, 1.807) is 0 Å². The van der Waals surface area contributed by atoms with Crippen molar-refractivity contribution >= 4 is 5.78 Å². The second-order valence-electron chi connectivity index (χ2n) is 9.61. The van der Waals surface area contributed by atoms with Gasteiger partial charge in [0.2, 0.25) is 0 Å². The van der Waals surface area contributed by atoms with Gasteiger partial charge in [-0.05, 0) is 42.1 Å². The summed E-state index contributed by atoms with van der Waals surface area (Å²) in [6.45, 7) is 10.2. The summed E-state index contributed by atoms with van der Waals surface area (Å²) in [5.41, 5.74) is 0.0250. The molecular formula is C20H30O4. The molecule has 0 amide bonds. The lowest BCUT2D eigenvalue weighted by Crippen LogP contribution is -2.49. The van der Waals surface area contributed by atoms with Crippen LogP contribution in [0.15, 0.2) is 11.6 Å². The second-order valence-corrected chi connectivity index (χ2v) is 9.61. The standard InChI is InChI=1S/C20H30O4/c1-8-7-20-9(2)6-11-13(19(11,4)5)12(18(20)24)16(22)10(3)17(23)14(20)15(8)21/h7,9-17,21-23H,6H2,1-5H3/t9-,10+,11-,12-,13?,14+,15+,16-,17-,20-/m1/s1. The van der Waals surface area contributed by atoms with Crippen molar-refractivity contribution in [3.05, 3.63) is 11.6 Å². The lowest BCUT2D eigenvalue weighted by atomic mass is 9.62. The van der Waals surface area contributed by atoms with Crippen LogP contribution in [0, 0.1) is 46.3 Å². The van der Waals surface area contributed by atoms with Crippen LogP contribution in [0.5, 0.6) is 0 Å². The summed E-state index contributed by atoms with van der Waals surface area (Å²) in [5.74, 6) is -0.638. The number of ketones is 1. The smallest absolute Gasteiger partial charge is 0.149 e. The molecule has 0 radical (unpaired) electrons. The summed E-state index contributed by atoms with van der Waals surface area (Å²) in [4.78, 5) is 13.8. The maximum Gasteiger partial charge on any atom is 0.149 e. The molecule has 4 nitrogen and oxygen atoms in total. The van der Waals surface area contributed by atoms with Gasteiger partial charge in [-0.2, -0.15) is 0 Å². The number of carbonyl (C=O) groups excluding carboxylic acids is 1. The lowest BCUT2D eigenvalue weighted by Gasteiger charge is -2.41. The maximum atomic E-state index is 13.8. The van der Waals surface area contributed by atoms with Crippen LogP contribution in [0.4, 0.5) is 0 Å². The molecular weight excluding hydrogens is 304 g/mol. The normalized spacial score (nSPS) is 58.2. The van der Waals surface area contributed by atoms with Crippen molar-refractivity contribution in [2.75, 3.05) is 0 Å². The molecule has 24 heavy (non-hydrogen) atoms. The van der Waals surface area contributed by atoms with E-state index < -0.39 is 41.5 Å². The van der Waals surface area contributed by atoms with Gasteiger partial charge >= 0.3 is 0 Å². The van der Waals surface area contributed by atoms with Crippen molar-refractivity contribution in [3.8, 4) is 0 Å². The van der Waals surface area contributed by atoms with E-state index in [9.17, 15) is 20.1 Å². The highest BCUT2D eigenvalue weighted by Gasteiger charge is 2.73. The van der Waals surface area contributed by atoms with Crippen LogP contribution in [0.3, 0.4) is 0 Å². The highest BCUT2D eigenvalue weighted by atomic mass is 16.3. The molecule has 10 atom stereocenters. The number of fused-ring (bicyclic) bond motifs is 3. The molecule has 134 valence electrons. The average molecular weight is 334 g/mol. The quantitative estimate of drug-likeness (QED) is 0.590. The largest absolute Gasteiger partial charge is 0.392 e. The minimum absolute atomic E-state index is 0.0601. The van der Waals surface area contributed by atoms with Crippen LogP contribution in [-0.4, -0.2) is 39.4 Å². The summed E-state index contributed by atoms with van der Waals surface area (Å²) >= 11 is 0. The zero-order valence-electron chi connectivity index (χ0n) is 15.2. The molecule has 1 unspecified atom stereocenters. The Bertz CT molecular complexity index is 623. The molecule has 0 aliphatic heterocycles. The minimum atomic E-state index is -0.876. The molecule has 1 spiro atoms. The number of hydrogen-bond acceptors (Lipinski definition) is 4. The fourth-order valence-corrected chi connectivity index (χ4v) is 6.72. The van der Waals surface area contributed by atoms with Gasteiger partial charge in [-0.3, -0.25) is 4.79 Å². The van der Waals surface area contributed by atoms with Gasteiger partial charge in [0.15, 0.2) is 0 Å². The number of carbonyl (C=O) groups is 1. The number of Topliss-reactive ketones (excluding diaryl/α,β-unsaturated/α-hetero) is 1. The average Bonchev–Trinajstić information content (AvgIpc) is 2.95. The summed E-state index contributed by atoms with van der Waals surface area (Å²) in [5, 5.41) is 32.7. The second kappa shape index (κ2) is 4.72. The van der Waals surface area contributed by atoms with Gasteiger partial charge in [-0.15, -0.1) is 0 Å². The van der Waals surface area contributed by atoms with E-state index in [1.165, 1.54) is 0 Å². The van der Waals surface area contributed by atoms with Crippen LogP contribution in [0.1, 0.15) is 41.0 Å². The van der Waals surface area contributed by atoms with Gasteiger partial charge in [0.25, 0.3) is 0 Å². The van der Waals surface area contributed by atoms with Gasteiger partial charge in [0.1, 0.15) is 5.78 Å². The van der Waals surface area contributed by atoms with Gasteiger partial charge in [-0.1, -0.05) is 33.8 Å². The predicted molar refractivity (Wildman–Crippen MR) is 89.9 cm³/mol. The minimum Gasteiger partial charge on any atom is -0.392 e. The van der Waals surface area contributed by atoms with Crippen molar-refractivity contribution in [2.24, 2.45) is 46.3 Å². The fourth-order valence-electron chi connectivity index (χ4n) is 6.72.